The highest BCUT2D eigenvalue weighted by atomic mass is 19.1. The molecule has 0 aliphatic heterocycles. The predicted molar refractivity (Wildman–Crippen MR) is 89.0 cm³/mol. The molecule has 152 valence electrons. The van der Waals surface area contributed by atoms with Crippen LogP contribution >= 0.6 is 0 Å². The molecule has 0 saturated carbocycles. The molecule has 0 radical (unpaired) electrons. The molecule has 0 heterocycles. The van der Waals surface area contributed by atoms with Crippen molar-refractivity contribution in [3.05, 3.63) is 59.2 Å². The molecule has 0 bridgehead atoms. The Morgan fingerprint density at radius 1 is 0.929 bits per heavy atom. The first-order valence-corrected chi connectivity index (χ1v) is 7.43. The van der Waals surface area contributed by atoms with E-state index in [4.69, 9.17) is 5.84 Å². The number of alkyl halides is 2. The van der Waals surface area contributed by atoms with Gasteiger partial charge in [0.05, 0.1) is 12.7 Å². The summed E-state index contributed by atoms with van der Waals surface area (Å²) in [6, 6.07) is 6.72. The van der Waals surface area contributed by atoms with Gasteiger partial charge in [-0.25, -0.2) is 28.2 Å². The first-order chi connectivity index (χ1) is 13.4. The molecule has 0 aliphatic rings. The normalized spacial score (nSPS) is 9.64. The highest BCUT2D eigenvalue weighted by Crippen LogP contribution is 2.19. The smallest absolute Gasteiger partial charge is 0.337 e. The average molecular weight is 404 g/mol. The van der Waals surface area contributed by atoms with Gasteiger partial charge in [0.25, 0.3) is 5.91 Å². The van der Waals surface area contributed by atoms with E-state index < -0.39 is 37.2 Å². The minimum atomic E-state index is -1.13. The van der Waals surface area contributed by atoms with Crippen LogP contribution in [0.4, 0.5) is 17.6 Å². The summed E-state index contributed by atoms with van der Waals surface area (Å²) in [6.07, 6.45) is 0. The number of carbonyl (C=O) groups excluding carboxylic acids is 2. The number of nitrogens with one attached hydrogen (secondary N) is 1. The zero-order valence-electron chi connectivity index (χ0n) is 14.5. The first-order valence-electron chi connectivity index (χ1n) is 7.43. The zero-order chi connectivity index (χ0) is 21.1. The van der Waals surface area contributed by atoms with E-state index in [0.717, 1.165) is 18.2 Å². The van der Waals surface area contributed by atoms with Crippen LogP contribution in [0.15, 0.2) is 36.4 Å². The monoisotopic (exact) mass is 404 g/mol. The number of nitrogen functional groups attached to an aromatic ring is 1. The largest absolute Gasteiger partial charge is 0.465 e. The Labute approximate surface area is 157 Å². The van der Waals surface area contributed by atoms with E-state index in [1.54, 1.807) is 0 Å². The molecule has 0 aromatic heterocycles. The number of hydrogen-bond donors (Lipinski definition) is 2. The molecule has 2 aromatic carbocycles. The number of halogens is 4. The molecule has 2 rings (SSSR count). The van der Waals surface area contributed by atoms with Crippen LogP contribution in [0.5, 0.6) is 11.5 Å². The van der Waals surface area contributed by atoms with E-state index in [0.29, 0.717) is 0 Å². The summed E-state index contributed by atoms with van der Waals surface area (Å²) in [5, 5.41) is 0. The van der Waals surface area contributed by atoms with E-state index in [-0.39, 0.29) is 22.6 Å². The molecule has 11 heteroatoms. The number of nitrogens with two attached hydrogens (primary N) is 1. The van der Waals surface area contributed by atoms with Gasteiger partial charge in [0.1, 0.15) is 0 Å². The van der Waals surface area contributed by atoms with E-state index in [2.05, 4.69) is 14.2 Å². The Morgan fingerprint density at radius 2 is 1.39 bits per heavy atom. The van der Waals surface area contributed by atoms with Crippen molar-refractivity contribution in [3.8, 4) is 11.5 Å². The van der Waals surface area contributed by atoms with Crippen molar-refractivity contribution in [2.24, 2.45) is 5.84 Å². The molecule has 3 N–H and O–H groups in total. The summed E-state index contributed by atoms with van der Waals surface area (Å²) in [5.41, 5.74) is 1.93. The van der Waals surface area contributed by atoms with Gasteiger partial charge in [-0.1, -0.05) is 0 Å². The number of benzene rings is 2. The fourth-order valence-electron chi connectivity index (χ4n) is 1.82. The third-order valence-corrected chi connectivity index (χ3v) is 3.10. The van der Waals surface area contributed by atoms with Crippen LogP contribution in [0.1, 0.15) is 20.7 Å². The molecule has 0 unspecified atom stereocenters. The number of methoxy groups -OCH3 is 1. The highest BCUT2D eigenvalue weighted by molar-refractivity contribution is 5.93. The quantitative estimate of drug-likeness (QED) is 0.253. The van der Waals surface area contributed by atoms with Gasteiger partial charge in [0, 0.05) is 5.56 Å². The van der Waals surface area contributed by atoms with Gasteiger partial charge >= 0.3 is 5.97 Å². The number of amides is 1. The number of carbonyl (C=O) groups is 2. The van der Waals surface area contributed by atoms with Gasteiger partial charge in [-0.05, 0) is 36.4 Å². The van der Waals surface area contributed by atoms with Gasteiger partial charge in [-0.3, -0.25) is 10.2 Å². The lowest BCUT2D eigenvalue weighted by Gasteiger charge is -2.04. The average Bonchev–Trinajstić information content (AvgIpc) is 2.70. The summed E-state index contributed by atoms with van der Waals surface area (Å²) in [5.74, 6) is 1.45. The molecule has 2 aromatic rings. The Bertz CT molecular complexity index is 753. The molecule has 0 atom stereocenters. The topological polar surface area (TPSA) is 99.9 Å². The maximum absolute atomic E-state index is 13.0. The third-order valence-electron chi connectivity index (χ3n) is 3.10. The number of ether oxygens (including phenoxy) is 3. The van der Waals surface area contributed by atoms with Crippen LogP contribution in [-0.4, -0.2) is 32.7 Å². The van der Waals surface area contributed by atoms with Crippen LogP contribution in [-0.2, 0) is 4.74 Å². The summed E-state index contributed by atoms with van der Waals surface area (Å²) < 4.78 is 62.4. The number of hydrogen-bond acceptors (Lipinski definition) is 6. The van der Waals surface area contributed by atoms with Crippen LogP contribution in [0.2, 0.25) is 0 Å². The number of esters is 1. The molecule has 7 nitrogen and oxygen atoms in total. The third kappa shape index (κ3) is 6.43. The lowest BCUT2D eigenvalue weighted by molar-refractivity contribution is 0.0600. The Hall–Kier alpha value is -3.34. The molecular formula is C17H16F4N2O5. The number of rotatable bonds is 6. The molecule has 0 spiro atoms. The Balaban J connectivity index is 0.000000280. The Morgan fingerprint density at radius 3 is 1.79 bits per heavy atom. The second-order valence-corrected chi connectivity index (χ2v) is 4.76. The second kappa shape index (κ2) is 11.4. The van der Waals surface area contributed by atoms with E-state index in [1.165, 1.54) is 25.3 Å². The van der Waals surface area contributed by atoms with E-state index >= 15 is 0 Å². The highest BCUT2D eigenvalue weighted by Gasteiger charge is 2.10. The molecular weight excluding hydrogens is 388 g/mol. The van der Waals surface area contributed by atoms with Gasteiger partial charge < -0.3 is 14.2 Å². The van der Waals surface area contributed by atoms with Gasteiger partial charge in [0.2, 0.25) is 13.7 Å². The van der Waals surface area contributed by atoms with Gasteiger partial charge in [-0.2, -0.15) is 0 Å². The van der Waals surface area contributed by atoms with Crippen molar-refractivity contribution < 1.29 is 41.4 Å². The van der Waals surface area contributed by atoms with Crippen molar-refractivity contribution >= 4 is 11.9 Å². The Kier molecular flexibility index (Phi) is 9.23. The first kappa shape index (κ1) is 22.7. The van der Waals surface area contributed by atoms with Crippen LogP contribution < -0.4 is 20.7 Å². The maximum Gasteiger partial charge on any atom is 0.337 e. The van der Waals surface area contributed by atoms with Gasteiger partial charge in [-0.15, -0.1) is 0 Å². The molecule has 28 heavy (non-hydrogen) atoms. The molecule has 0 saturated heterocycles. The second-order valence-electron chi connectivity index (χ2n) is 4.76. The van der Waals surface area contributed by atoms with Crippen molar-refractivity contribution in [2.45, 2.75) is 0 Å². The fourth-order valence-corrected chi connectivity index (χ4v) is 1.82. The van der Waals surface area contributed by atoms with Crippen LogP contribution in [0, 0.1) is 11.6 Å². The van der Waals surface area contributed by atoms with Crippen LogP contribution in [0.3, 0.4) is 0 Å². The maximum atomic E-state index is 13.0. The molecule has 0 aliphatic carbocycles. The van der Waals surface area contributed by atoms with Crippen molar-refractivity contribution in [1.82, 2.24) is 5.43 Å². The molecule has 1 amide bonds. The fraction of sp³-hybridized carbons (Fsp3) is 0.176. The molecule has 0 fully saturated rings. The van der Waals surface area contributed by atoms with Crippen molar-refractivity contribution in [1.29, 1.82) is 0 Å². The van der Waals surface area contributed by atoms with Crippen LogP contribution in [0.25, 0.3) is 0 Å². The van der Waals surface area contributed by atoms with Crippen molar-refractivity contribution in [2.75, 3.05) is 20.8 Å². The predicted octanol–water partition coefficient (Wildman–Crippen LogP) is 2.65. The van der Waals surface area contributed by atoms with E-state index in [9.17, 15) is 27.2 Å². The zero-order valence-corrected chi connectivity index (χ0v) is 14.5. The number of hydrazine groups is 1. The lowest BCUT2D eigenvalue weighted by Crippen LogP contribution is -2.30. The summed E-state index contributed by atoms with van der Waals surface area (Å²) in [7, 11) is 1.19. The SMILES string of the molecule is COC(=O)c1ccc(OCF)c(F)c1.NNC(=O)c1ccc(OCF)c(F)c1. The standard InChI is InChI=1S/C9H8F2O3.C8H8F2N2O2/c1-13-9(12)6-2-3-8(14-5-10)7(11)4-6;9-4-14-7-2-1-5(3-6(7)10)8(13)12-11/h2-4H,5H2,1H3;1-3H,4,11H2,(H,12,13). The summed E-state index contributed by atoms with van der Waals surface area (Å²) in [6.45, 7) is -2.24. The minimum absolute atomic E-state index is 0.0382. The van der Waals surface area contributed by atoms with Gasteiger partial charge in [0.15, 0.2) is 23.1 Å². The van der Waals surface area contributed by atoms with E-state index in [1.807, 2.05) is 5.43 Å². The minimum Gasteiger partial charge on any atom is -0.465 e. The summed E-state index contributed by atoms with van der Waals surface area (Å²) in [4.78, 5) is 21.8. The summed E-state index contributed by atoms with van der Waals surface area (Å²) >= 11 is 0. The lowest BCUT2D eigenvalue weighted by atomic mass is 10.2. The van der Waals surface area contributed by atoms with Crippen molar-refractivity contribution in [3.63, 3.8) is 0 Å².